The number of Topliss-reactive ketones (excluding diaryl/α,β-unsaturated/α-hetero) is 1. The van der Waals surface area contributed by atoms with Crippen LogP contribution in [0, 0.1) is 5.41 Å². The van der Waals surface area contributed by atoms with Crippen LogP contribution in [-0.2, 0) is 12.0 Å². The molecule has 0 atom stereocenters. The number of likely N-dealkylation sites (N-methyl/N-ethyl adjacent to an activating group) is 1. The molecule has 0 aliphatic carbocycles. The number of hydrogen-bond acceptors (Lipinski definition) is 6. The van der Waals surface area contributed by atoms with Gasteiger partial charge in [-0.25, -0.2) is 0 Å². The van der Waals surface area contributed by atoms with Crippen molar-refractivity contribution in [2.24, 2.45) is 0 Å². The summed E-state index contributed by atoms with van der Waals surface area (Å²) in [5.74, 6) is 0.864. The molecule has 4 rings (SSSR count). The second-order valence-corrected chi connectivity index (χ2v) is 10.5. The molecule has 2 aliphatic rings. The van der Waals surface area contributed by atoms with Gasteiger partial charge in [0.05, 0.1) is 24.3 Å². The van der Waals surface area contributed by atoms with E-state index >= 15 is 0 Å². The Hall–Kier alpha value is -3.55. The zero-order valence-electron chi connectivity index (χ0n) is 21.7. The van der Waals surface area contributed by atoms with E-state index in [-0.39, 0.29) is 29.5 Å². The zero-order valence-corrected chi connectivity index (χ0v) is 21.7. The fourth-order valence-corrected chi connectivity index (χ4v) is 4.70. The van der Waals surface area contributed by atoms with Crippen LogP contribution in [0.25, 0.3) is 0 Å². The lowest BCUT2D eigenvalue weighted by atomic mass is 9.84. The molecule has 186 valence electrons. The number of anilines is 2. The standard InChI is InChI=1S/C27H35N5O3/c1-27(2,3)20-10-16(11-22-24(20)35-9-8-31(22)7)23(33)15-32-14-17-12-21(30(5)6)19(26(34)29-4)13-18(17)25(32)28/h10-13,28H,8-9,14-15H2,1-7H3,(H,29,34). The summed E-state index contributed by atoms with van der Waals surface area (Å²) < 4.78 is 6.02. The summed E-state index contributed by atoms with van der Waals surface area (Å²) in [7, 11) is 7.39. The van der Waals surface area contributed by atoms with Crippen molar-refractivity contribution in [3.8, 4) is 5.75 Å². The van der Waals surface area contributed by atoms with E-state index < -0.39 is 0 Å². The number of amides is 1. The molecule has 8 heteroatoms. The number of carbonyl (C=O) groups is 2. The highest BCUT2D eigenvalue weighted by molar-refractivity contribution is 6.08. The highest BCUT2D eigenvalue weighted by Crippen LogP contribution is 2.41. The van der Waals surface area contributed by atoms with Gasteiger partial charge in [-0.15, -0.1) is 0 Å². The lowest BCUT2D eigenvalue weighted by Crippen LogP contribution is -2.32. The van der Waals surface area contributed by atoms with Gasteiger partial charge >= 0.3 is 0 Å². The molecule has 0 fully saturated rings. The van der Waals surface area contributed by atoms with Gasteiger partial charge in [0.1, 0.15) is 18.2 Å². The van der Waals surface area contributed by atoms with Crippen LogP contribution in [0.5, 0.6) is 5.75 Å². The molecule has 35 heavy (non-hydrogen) atoms. The van der Waals surface area contributed by atoms with Crippen molar-refractivity contribution in [1.82, 2.24) is 10.2 Å². The predicted molar refractivity (Wildman–Crippen MR) is 140 cm³/mol. The topological polar surface area (TPSA) is 89.0 Å². The number of benzene rings is 2. The van der Waals surface area contributed by atoms with Crippen LogP contribution in [0.2, 0.25) is 0 Å². The van der Waals surface area contributed by atoms with E-state index in [4.69, 9.17) is 10.1 Å². The summed E-state index contributed by atoms with van der Waals surface area (Å²) in [5.41, 5.74) is 5.30. The Balaban J connectivity index is 1.65. The Morgan fingerprint density at radius 3 is 2.51 bits per heavy atom. The summed E-state index contributed by atoms with van der Waals surface area (Å²) in [6.07, 6.45) is 0. The lowest BCUT2D eigenvalue weighted by molar-refractivity contribution is 0.0955. The van der Waals surface area contributed by atoms with E-state index in [9.17, 15) is 9.59 Å². The number of rotatable bonds is 5. The van der Waals surface area contributed by atoms with Crippen LogP contribution < -0.4 is 19.9 Å². The van der Waals surface area contributed by atoms with Crippen LogP contribution in [-0.4, -0.2) is 70.3 Å². The third kappa shape index (κ3) is 4.45. The Labute approximate surface area is 207 Å². The van der Waals surface area contributed by atoms with Gasteiger partial charge in [-0.3, -0.25) is 15.0 Å². The Kier molecular flexibility index (Phi) is 6.25. The van der Waals surface area contributed by atoms with Crippen molar-refractivity contribution in [2.75, 3.05) is 57.7 Å². The molecule has 0 aromatic heterocycles. The van der Waals surface area contributed by atoms with Crippen LogP contribution in [0.1, 0.15) is 58.2 Å². The second-order valence-electron chi connectivity index (χ2n) is 10.5. The molecule has 0 spiro atoms. The second kappa shape index (κ2) is 8.91. The summed E-state index contributed by atoms with van der Waals surface area (Å²) in [5, 5.41) is 11.4. The average molecular weight is 478 g/mol. The van der Waals surface area contributed by atoms with Gasteiger partial charge < -0.3 is 24.8 Å². The molecule has 0 unspecified atom stereocenters. The van der Waals surface area contributed by atoms with Crippen LogP contribution >= 0.6 is 0 Å². The van der Waals surface area contributed by atoms with Crippen molar-refractivity contribution in [2.45, 2.75) is 32.7 Å². The fourth-order valence-electron chi connectivity index (χ4n) is 4.70. The molecule has 2 aromatic carbocycles. The number of amidine groups is 1. The first-order valence-corrected chi connectivity index (χ1v) is 11.9. The number of ketones is 1. The van der Waals surface area contributed by atoms with Gasteiger partial charge in [0, 0.05) is 57.1 Å². The number of fused-ring (bicyclic) bond motifs is 2. The van der Waals surface area contributed by atoms with E-state index in [1.165, 1.54) is 0 Å². The Morgan fingerprint density at radius 1 is 1.17 bits per heavy atom. The van der Waals surface area contributed by atoms with Gasteiger partial charge in [-0.1, -0.05) is 20.8 Å². The highest BCUT2D eigenvalue weighted by atomic mass is 16.5. The molecule has 2 aromatic rings. The first kappa shape index (κ1) is 24.6. The fraction of sp³-hybridized carbons (Fsp3) is 0.444. The minimum atomic E-state index is -0.200. The van der Waals surface area contributed by atoms with Gasteiger partial charge in [-0.2, -0.15) is 0 Å². The number of nitrogens with zero attached hydrogens (tertiary/aromatic N) is 3. The van der Waals surface area contributed by atoms with Gasteiger partial charge in [0.2, 0.25) is 0 Å². The lowest BCUT2D eigenvalue weighted by Gasteiger charge is -2.33. The predicted octanol–water partition coefficient (Wildman–Crippen LogP) is 3.26. The molecular weight excluding hydrogens is 442 g/mol. The van der Waals surface area contributed by atoms with Crippen molar-refractivity contribution in [3.05, 3.63) is 52.1 Å². The van der Waals surface area contributed by atoms with Gasteiger partial charge in [-0.05, 0) is 35.2 Å². The molecule has 0 saturated heterocycles. The number of ether oxygens (including phenoxy) is 1. The molecule has 0 bridgehead atoms. The first-order valence-electron chi connectivity index (χ1n) is 11.9. The number of nitrogens with one attached hydrogen (secondary N) is 2. The van der Waals surface area contributed by atoms with Crippen LogP contribution in [0.4, 0.5) is 11.4 Å². The molecule has 8 nitrogen and oxygen atoms in total. The largest absolute Gasteiger partial charge is 0.489 e. The van der Waals surface area contributed by atoms with E-state index in [0.29, 0.717) is 29.8 Å². The Morgan fingerprint density at radius 2 is 1.89 bits per heavy atom. The zero-order chi connectivity index (χ0) is 25.7. The molecule has 2 heterocycles. The first-order chi connectivity index (χ1) is 16.4. The monoisotopic (exact) mass is 477 g/mol. The van der Waals surface area contributed by atoms with Crippen molar-refractivity contribution in [3.63, 3.8) is 0 Å². The van der Waals surface area contributed by atoms with E-state index in [1.807, 2.05) is 44.2 Å². The van der Waals surface area contributed by atoms with Crippen LogP contribution in [0.3, 0.4) is 0 Å². The maximum Gasteiger partial charge on any atom is 0.253 e. The average Bonchev–Trinajstić information content (AvgIpc) is 3.10. The molecule has 1 amide bonds. The van der Waals surface area contributed by atoms with Gasteiger partial charge in [0.15, 0.2) is 5.78 Å². The highest BCUT2D eigenvalue weighted by Gasteiger charge is 2.31. The molecule has 0 saturated carbocycles. The molecule has 2 N–H and O–H groups in total. The third-order valence-corrected chi connectivity index (χ3v) is 6.73. The minimum Gasteiger partial charge on any atom is -0.489 e. The summed E-state index contributed by atoms with van der Waals surface area (Å²) in [6, 6.07) is 7.56. The quantitative estimate of drug-likeness (QED) is 0.643. The number of hydrogen-bond donors (Lipinski definition) is 2. The van der Waals surface area contributed by atoms with E-state index in [2.05, 4.69) is 31.0 Å². The van der Waals surface area contributed by atoms with E-state index in [0.717, 1.165) is 34.8 Å². The molecule has 2 aliphatic heterocycles. The minimum absolute atomic E-state index is 0.0470. The maximum absolute atomic E-state index is 13.5. The molecule has 0 radical (unpaired) electrons. The van der Waals surface area contributed by atoms with Crippen LogP contribution in [0.15, 0.2) is 24.3 Å². The van der Waals surface area contributed by atoms with Crippen molar-refractivity contribution < 1.29 is 14.3 Å². The SMILES string of the molecule is CNC(=O)c1cc2c(cc1N(C)C)CN(CC(=O)c1cc3c(c(C(C)(C)C)c1)OCCN3C)C2=N. The molecular formula is C27H35N5O3. The normalized spacial score (nSPS) is 14.9. The Bertz CT molecular complexity index is 1210. The van der Waals surface area contributed by atoms with E-state index in [1.54, 1.807) is 18.0 Å². The van der Waals surface area contributed by atoms with Crippen molar-refractivity contribution >= 4 is 28.9 Å². The van der Waals surface area contributed by atoms with Gasteiger partial charge in [0.25, 0.3) is 5.91 Å². The smallest absolute Gasteiger partial charge is 0.253 e. The van der Waals surface area contributed by atoms with Crippen molar-refractivity contribution in [1.29, 1.82) is 5.41 Å². The summed E-state index contributed by atoms with van der Waals surface area (Å²) in [6.45, 7) is 8.29. The number of carbonyl (C=O) groups excluding carboxylic acids is 2. The summed E-state index contributed by atoms with van der Waals surface area (Å²) >= 11 is 0. The maximum atomic E-state index is 13.5. The summed E-state index contributed by atoms with van der Waals surface area (Å²) in [4.78, 5) is 31.7. The third-order valence-electron chi connectivity index (χ3n) is 6.73.